The van der Waals surface area contributed by atoms with Crippen LogP contribution in [0, 0.1) is 19.7 Å². The van der Waals surface area contributed by atoms with Gasteiger partial charge in [0.1, 0.15) is 5.82 Å². The molecule has 0 aliphatic carbocycles. The first kappa shape index (κ1) is 15.6. The van der Waals surface area contributed by atoms with Gasteiger partial charge in [-0.2, -0.15) is 0 Å². The Bertz CT molecular complexity index is 691. The van der Waals surface area contributed by atoms with Crippen LogP contribution in [0.25, 0.3) is 0 Å². The Morgan fingerprint density at radius 1 is 1.29 bits per heavy atom. The molecule has 8 heteroatoms. The van der Waals surface area contributed by atoms with Gasteiger partial charge in [-0.25, -0.2) is 17.5 Å². The van der Waals surface area contributed by atoms with Crippen LogP contribution in [-0.4, -0.2) is 30.0 Å². The molecule has 0 radical (unpaired) electrons. The zero-order chi connectivity index (χ0) is 15.5. The van der Waals surface area contributed by atoms with Crippen molar-refractivity contribution in [3.8, 4) is 0 Å². The number of hydrogen-bond acceptors (Lipinski definition) is 4. The van der Waals surface area contributed by atoms with E-state index >= 15 is 0 Å². The molecule has 1 heterocycles. The predicted molar refractivity (Wildman–Crippen MR) is 75.7 cm³/mol. The average molecular weight is 312 g/mol. The minimum Gasteiger partial charge on any atom is -0.253 e. The lowest BCUT2D eigenvalue weighted by atomic mass is 10.1. The monoisotopic (exact) mass is 312 g/mol. The highest BCUT2D eigenvalue weighted by atomic mass is 32.2. The number of aryl methyl sites for hydroxylation is 3. The van der Waals surface area contributed by atoms with Crippen molar-refractivity contribution < 1.29 is 12.8 Å². The number of hydrogen-bond donors (Lipinski definition) is 1. The van der Waals surface area contributed by atoms with Gasteiger partial charge in [0.25, 0.3) is 0 Å². The van der Waals surface area contributed by atoms with E-state index in [2.05, 4.69) is 15.0 Å². The first-order chi connectivity index (χ1) is 9.90. The van der Waals surface area contributed by atoms with E-state index in [0.29, 0.717) is 24.1 Å². The molecule has 0 unspecified atom stereocenters. The van der Waals surface area contributed by atoms with Crippen LogP contribution in [0.4, 0.5) is 4.39 Å². The fraction of sp³-hybridized carbons (Fsp3) is 0.385. The van der Waals surface area contributed by atoms with Crippen molar-refractivity contribution in [1.29, 1.82) is 0 Å². The molecule has 6 nitrogen and oxygen atoms in total. The van der Waals surface area contributed by atoms with E-state index in [9.17, 15) is 12.8 Å². The molecule has 0 amide bonds. The van der Waals surface area contributed by atoms with Gasteiger partial charge in [0.2, 0.25) is 10.0 Å². The minimum atomic E-state index is -3.64. The third-order valence-electron chi connectivity index (χ3n) is 3.02. The molecular weight excluding hydrogens is 295 g/mol. The first-order valence-electron chi connectivity index (χ1n) is 6.50. The fourth-order valence-electron chi connectivity index (χ4n) is 2.19. The molecule has 0 spiro atoms. The summed E-state index contributed by atoms with van der Waals surface area (Å²) in [6.45, 7) is 4.02. The van der Waals surface area contributed by atoms with Gasteiger partial charge in [-0.3, -0.25) is 4.68 Å². The van der Waals surface area contributed by atoms with Crippen LogP contribution in [0.15, 0.2) is 29.4 Å². The molecule has 114 valence electrons. The Morgan fingerprint density at radius 3 is 2.52 bits per heavy atom. The normalized spacial score (nSPS) is 11.8. The van der Waals surface area contributed by atoms with Crippen molar-refractivity contribution in [1.82, 2.24) is 19.7 Å². The lowest BCUT2D eigenvalue weighted by molar-refractivity contribution is 0.541. The lowest BCUT2D eigenvalue weighted by Gasteiger charge is -2.12. The van der Waals surface area contributed by atoms with E-state index in [1.165, 1.54) is 12.1 Å². The summed E-state index contributed by atoms with van der Waals surface area (Å²) in [7, 11) is -3.64. The molecule has 0 saturated heterocycles. The maximum Gasteiger partial charge on any atom is 0.241 e. The molecule has 0 saturated carbocycles. The van der Waals surface area contributed by atoms with Crippen LogP contribution in [0.5, 0.6) is 0 Å². The van der Waals surface area contributed by atoms with E-state index in [1.54, 1.807) is 30.9 Å². The molecule has 21 heavy (non-hydrogen) atoms. The molecule has 0 aliphatic rings. The summed E-state index contributed by atoms with van der Waals surface area (Å²) in [5, 5.41) is 7.46. The number of nitrogens with zero attached hydrogens (tertiary/aromatic N) is 3. The molecule has 2 aromatic rings. The summed E-state index contributed by atoms with van der Waals surface area (Å²) in [6.07, 6.45) is 3.86. The molecule has 0 bridgehead atoms. The molecular formula is C13H17FN4O2S. The zero-order valence-electron chi connectivity index (χ0n) is 11.9. The van der Waals surface area contributed by atoms with Crippen molar-refractivity contribution in [2.24, 2.45) is 0 Å². The van der Waals surface area contributed by atoms with E-state index in [4.69, 9.17) is 0 Å². The van der Waals surface area contributed by atoms with Crippen LogP contribution in [0.2, 0.25) is 0 Å². The molecule has 0 fully saturated rings. The van der Waals surface area contributed by atoms with Crippen LogP contribution in [0.3, 0.4) is 0 Å². The maximum absolute atomic E-state index is 13.2. The highest BCUT2D eigenvalue weighted by Gasteiger charge is 2.19. The van der Waals surface area contributed by atoms with Crippen LogP contribution < -0.4 is 4.72 Å². The lowest BCUT2D eigenvalue weighted by Crippen LogP contribution is -2.27. The van der Waals surface area contributed by atoms with Gasteiger partial charge in [0, 0.05) is 19.3 Å². The van der Waals surface area contributed by atoms with Crippen LogP contribution in [0.1, 0.15) is 17.5 Å². The van der Waals surface area contributed by atoms with Gasteiger partial charge in [0.05, 0.1) is 11.1 Å². The molecule has 1 N–H and O–H groups in total. The highest BCUT2D eigenvalue weighted by molar-refractivity contribution is 7.89. The summed E-state index contributed by atoms with van der Waals surface area (Å²) in [6, 6.07) is 2.44. The Morgan fingerprint density at radius 2 is 1.95 bits per heavy atom. The first-order valence-corrected chi connectivity index (χ1v) is 7.99. The summed E-state index contributed by atoms with van der Waals surface area (Å²) < 4.78 is 41.9. The van der Waals surface area contributed by atoms with Crippen LogP contribution in [-0.2, 0) is 16.6 Å². The Labute approximate surface area is 123 Å². The quantitative estimate of drug-likeness (QED) is 0.818. The van der Waals surface area contributed by atoms with Gasteiger partial charge in [0.15, 0.2) is 0 Å². The third-order valence-corrected chi connectivity index (χ3v) is 4.79. The SMILES string of the molecule is Cc1cc(F)cc(C)c1S(=O)(=O)NCCCn1ccnn1. The Kier molecular flexibility index (Phi) is 4.69. The van der Waals surface area contributed by atoms with Crippen molar-refractivity contribution in [3.05, 3.63) is 41.5 Å². The number of nitrogens with one attached hydrogen (secondary N) is 1. The second-order valence-corrected chi connectivity index (χ2v) is 6.49. The van der Waals surface area contributed by atoms with Crippen molar-refractivity contribution in [2.75, 3.05) is 6.54 Å². The van der Waals surface area contributed by atoms with Gasteiger partial charge in [-0.05, 0) is 43.5 Å². The second kappa shape index (κ2) is 6.31. The van der Waals surface area contributed by atoms with Gasteiger partial charge < -0.3 is 0 Å². The van der Waals surface area contributed by atoms with E-state index in [1.807, 2.05) is 0 Å². The molecule has 0 aliphatic heterocycles. The summed E-state index contributed by atoms with van der Waals surface area (Å²) >= 11 is 0. The van der Waals surface area contributed by atoms with Crippen molar-refractivity contribution in [2.45, 2.75) is 31.7 Å². The van der Waals surface area contributed by atoms with E-state index in [-0.39, 0.29) is 11.4 Å². The summed E-state index contributed by atoms with van der Waals surface area (Å²) in [4.78, 5) is 0.143. The summed E-state index contributed by atoms with van der Waals surface area (Å²) in [5.74, 6) is -0.435. The highest BCUT2D eigenvalue weighted by Crippen LogP contribution is 2.21. The number of benzene rings is 1. The second-order valence-electron chi connectivity index (χ2n) is 4.79. The van der Waals surface area contributed by atoms with Crippen LogP contribution >= 0.6 is 0 Å². The van der Waals surface area contributed by atoms with E-state index < -0.39 is 15.8 Å². The molecule has 0 atom stereocenters. The number of sulfonamides is 1. The third kappa shape index (κ3) is 3.85. The van der Waals surface area contributed by atoms with Crippen molar-refractivity contribution in [3.63, 3.8) is 0 Å². The zero-order valence-corrected chi connectivity index (χ0v) is 12.7. The molecule has 1 aromatic carbocycles. The van der Waals surface area contributed by atoms with Crippen molar-refractivity contribution >= 4 is 10.0 Å². The Balaban J connectivity index is 2.02. The number of halogens is 1. The van der Waals surface area contributed by atoms with Gasteiger partial charge in [-0.1, -0.05) is 5.21 Å². The smallest absolute Gasteiger partial charge is 0.241 e. The van der Waals surface area contributed by atoms with Gasteiger partial charge in [-0.15, -0.1) is 5.10 Å². The average Bonchev–Trinajstić information content (AvgIpc) is 2.86. The number of rotatable bonds is 6. The minimum absolute atomic E-state index is 0.143. The summed E-state index contributed by atoms with van der Waals surface area (Å²) in [5.41, 5.74) is 0.799. The molecule has 2 rings (SSSR count). The van der Waals surface area contributed by atoms with E-state index in [0.717, 1.165) is 0 Å². The standard InChI is InChI=1S/C13H17FN4O2S/c1-10-8-12(14)9-11(2)13(10)21(19,20)16-4-3-6-18-7-5-15-17-18/h5,7-9,16H,3-4,6H2,1-2H3. The topological polar surface area (TPSA) is 76.9 Å². The number of aromatic nitrogens is 3. The predicted octanol–water partition coefficient (Wildman–Crippen LogP) is 1.40. The largest absolute Gasteiger partial charge is 0.253 e. The maximum atomic E-state index is 13.2. The fourth-order valence-corrected chi connectivity index (χ4v) is 3.72. The Hall–Kier alpha value is -1.80. The molecule has 1 aromatic heterocycles. The van der Waals surface area contributed by atoms with Gasteiger partial charge >= 0.3 is 0 Å².